The average molecular weight is 319 g/mol. The zero-order valence-electron chi connectivity index (χ0n) is 8.34. The van der Waals surface area contributed by atoms with E-state index in [-0.39, 0.29) is 4.48 Å². The number of ketones is 1. The SMILES string of the molecule is COC1(OCC(F)(F)F)OC(=O)C=C(Br)C1=O. The summed E-state index contributed by atoms with van der Waals surface area (Å²) in [6, 6.07) is 0. The minimum absolute atomic E-state index is 0.294. The molecule has 0 spiro atoms. The lowest BCUT2D eigenvalue weighted by Crippen LogP contribution is -2.51. The second-order valence-electron chi connectivity index (χ2n) is 2.91. The molecule has 1 aliphatic rings. The Balaban J connectivity index is 2.92. The standard InChI is InChI=1S/C8H6BrF3O5/c1-15-8(16-3-7(10,11)12)6(14)4(9)2-5(13)17-8/h2H,3H2,1H3. The molecule has 1 heterocycles. The van der Waals surface area contributed by atoms with Crippen LogP contribution >= 0.6 is 15.9 Å². The van der Waals surface area contributed by atoms with E-state index < -0.39 is 30.5 Å². The molecule has 0 bridgehead atoms. The molecule has 96 valence electrons. The monoisotopic (exact) mass is 318 g/mol. The molecule has 0 saturated heterocycles. The van der Waals surface area contributed by atoms with Crippen LogP contribution in [0.25, 0.3) is 0 Å². The van der Waals surface area contributed by atoms with Crippen molar-refractivity contribution in [2.45, 2.75) is 12.1 Å². The van der Waals surface area contributed by atoms with Crippen molar-refractivity contribution >= 4 is 27.7 Å². The summed E-state index contributed by atoms with van der Waals surface area (Å²) >= 11 is 2.70. The Hall–Kier alpha value is -0.930. The van der Waals surface area contributed by atoms with Crippen molar-refractivity contribution in [3.63, 3.8) is 0 Å². The van der Waals surface area contributed by atoms with Gasteiger partial charge in [0.05, 0.1) is 4.48 Å². The van der Waals surface area contributed by atoms with Gasteiger partial charge < -0.3 is 14.2 Å². The van der Waals surface area contributed by atoms with Gasteiger partial charge in [-0.3, -0.25) is 4.79 Å². The van der Waals surface area contributed by atoms with Gasteiger partial charge in [-0.2, -0.15) is 13.2 Å². The maximum absolute atomic E-state index is 12.0. The van der Waals surface area contributed by atoms with Crippen LogP contribution in [-0.4, -0.2) is 37.6 Å². The molecule has 0 fully saturated rings. The Morgan fingerprint density at radius 1 is 1.47 bits per heavy atom. The molecule has 0 radical (unpaired) electrons. The topological polar surface area (TPSA) is 61.8 Å². The fraction of sp³-hybridized carbons (Fsp3) is 0.500. The summed E-state index contributed by atoms with van der Waals surface area (Å²) in [5, 5.41) is 0. The van der Waals surface area contributed by atoms with Crippen molar-refractivity contribution in [2.24, 2.45) is 0 Å². The van der Waals surface area contributed by atoms with E-state index in [1.54, 1.807) is 0 Å². The Bertz CT molecular complexity index is 378. The third kappa shape index (κ3) is 3.27. The van der Waals surface area contributed by atoms with Gasteiger partial charge in [-0.25, -0.2) is 4.79 Å². The Morgan fingerprint density at radius 3 is 2.53 bits per heavy atom. The second-order valence-corrected chi connectivity index (χ2v) is 3.76. The molecule has 17 heavy (non-hydrogen) atoms. The van der Waals surface area contributed by atoms with E-state index in [4.69, 9.17) is 0 Å². The van der Waals surface area contributed by atoms with Gasteiger partial charge >= 0.3 is 18.1 Å². The van der Waals surface area contributed by atoms with E-state index in [0.717, 1.165) is 13.2 Å². The van der Waals surface area contributed by atoms with Crippen molar-refractivity contribution in [1.29, 1.82) is 0 Å². The molecular weight excluding hydrogens is 313 g/mol. The number of carbonyl (C=O) groups excluding carboxylic acids is 2. The van der Waals surface area contributed by atoms with Crippen LogP contribution in [0.5, 0.6) is 0 Å². The molecule has 1 atom stereocenters. The molecule has 9 heteroatoms. The van der Waals surface area contributed by atoms with Crippen LogP contribution < -0.4 is 0 Å². The summed E-state index contributed by atoms with van der Waals surface area (Å²) in [5.74, 6) is -4.82. The van der Waals surface area contributed by atoms with Crippen LogP contribution in [0.2, 0.25) is 0 Å². The maximum Gasteiger partial charge on any atom is 0.412 e. The van der Waals surface area contributed by atoms with Gasteiger partial charge in [0, 0.05) is 13.2 Å². The smallest absolute Gasteiger partial charge is 0.398 e. The van der Waals surface area contributed by atoms with Crippen molar-refractivity contribution < 1.29 is 37.0 Å². The number of cyclic esters (lactones) is 1. The van der Waals surface area contributed by atoms with Crippen molar-refractivity contribution in [1.82, 2.24) is 0 Å². The lowest BCUT2D eigenvalue weighted by atomic mass is 10.2. The minimum atomic E-state index is -4.69. The van der Waals surface area contributed by atoms with Crippen LogP contribution in [-0.2, 0) is 23.8 Å². The highest BCUT2D eigenvalue weighted by molar-refractivity contribution is 9.12. The molecule has 1 rings (SSSR count). The first kappa shape index (κ1) is 14.1. The molecule has 0 aromatic heterocycles. The third-order valence-electron chi connectivity index (χ3n) is 1.67. The van der Waals surface area contributed by atoms with Gasteiger partial charge in [0.15, 0.2) is 0 Å². The molecule has 0 aromatic rings. The number of methoxy groups -OCH3 is 1. The zero-order valence-corrected chi connectivity index (χ0v) is 9.92. The van der Waals surface area contributed by atoms with Crippen LogP contribution in [0.3, 0.4) is 0 Å². The van der Waals surface area contributed by atoms with Gasteiger partial charge in [-0.15, -0.1) is 0 Å². The molecule has 0 saturated carbocycles. The van der Waals surface area contributed by atoms with E-state index in [1.807, 2.05) is 0 Å². The third-order valence-corrected chi connectivity index (χ3v) is 2.26. The van der Waals surface area contributed by atoms with E-state index in [2.05, 4.69) is 30.1 Å². The molecule has 0 aliphatic carbocycles. The second kappa shape index (κ2) is 4.75. The maximum atomic E-state index is 12.0. The lowest BCUT2D eigenvalue weighted by Gasteiger charge is -2.31. The highest BCUT2D eigenvalue weighted by atomic mass is 79.9. The number of hydrogen-bond donors (Lipinski definition) is 0. The van der Waals surface area contributed by atoms with Gasteiger partial charge in [-0.1, -0.05) is 0 Å². The Kier molecular flexibility index (Phi) is 3.95. The molecule has 0 N–H and O–H groups in total. The average Bonchev–Trinajstić information content (AvgIpc) is 2.20. The van der Waals surface area contributed by atoms with Gasteiger partial charge in [-0.05, 0) is 15.9 Å². The Morgan fingerprint density at radius 2 is 2.06 bits per heavy atom. The number of halogens is 4. The fourth-order valence-electron chi connectivity index (χ4n) is 0.989. The summed E-state index contributed by atoms with van der Waals surface area (Å²) in [7, 11) is 0.882. The van der Waals surface area contributed by atoms with E-state index in [9.17, 15) is 22.8 Å². The predicted molar refractivity (Wildman–Crippen MR) is 49.9 cm³/mol. The first-order chi connectivity index (χ1) is 7.70. The number of hydrogen-bond acceptors (Lipinski definition) is 5. The molecule has 0 aromatic carbocycles. The van der Waals surface area contributed by atoms with Crippen LogP contribution in [0.1, 0.15) is 0 Å². The number of carbonyl (C=O) groups is 2. The van der Waals surface area contributed by atoms with Crippen molar-refractivity contribution in [3.8, 4) is 0 Å². The number of rotatable bonds is 3. The molecular formula is C8H6BrF3O5. The van der Waals surface area contributed by atoms with E-state index >= 15 is 0 Å². The summed E-state index contributed by atoms with van der Waals surface area (Å²) in [5.41, 5.74) is 0. The zero-order chi connectivity index (χ0) is 13.3. The summed E-state index contributed by atoms with van der Waals surface area (Å²) in [6.07, 6.45) is -3.93. The molecule has 0 amide bonds. The fourth-order valence-corrected chi connectivity index (χ4v) is 1.42. The lowest BCUT2D eigenvalue weighted by molar-refractivity contribution is -0.348. The van der Waals surface area contributed by atoms with Gasteiger partial charge in [0.25, 0.3) is 5.78 Å². The predicted octanol–water partition coefficient (Wildman–Crippen LogP) is 1.27. The first-order valence-corrected chi connectivity index (χ1v) is 4.90. The van der Waals surface area contributed by atoms with E-state index in [1.165, 1.54) is 0 Å². The van der Waals surface area contributed by atoms with E-state index in [0.29, 0.717) is 0 Å². The first-order valence-electron chi connectivity index (χ1n) is 4.11. The minimum Gasteiger partial charge on any atom is -0.398 e. The highest BCUT2D eigenvalue weighted by Gasteiger charge is 2.51. The van der Waals surface area contributed by atoms with Crippen LogP contribution in [0, 0.1) is 0 Å². The van der Waals surface area contributed by atoms with Gasteiger partial charge in [0.2, 0.25) is 0 Å². The quantitative estimate of drug-likeness (QED) is 0.579. The number of alkyl halides is 3. The molecule has 1 aliphatic heterocycles. The Labute approximate surface area is 102 Å². The largest absolute Gasteiger partial charge is 0.412 e. The summed E-state index contributed by atoms with van der Waals surface area (Å²) in [6.45, 7) is -1.79. The van der Waals surface area contributed by atoms with Gasteiger partial charge in [0.1, 0.15) is 6.61 Å². The highest BCUT2D eigenvalue weighted by Crippen LogP contribution is 2.30. The number of ether oxygens (including phenoxy) is 3. The normalized spacial score (nSPS) is 25.6. The van der Waals surface area contributed by atoms with Crippen molar-refractivity contribution in [3.05, 3.63) is 10.6 Å². The number of esters is 1. The molecule has 1 unspecified atom stereocenters. The molecule has 5 nitrogen and oxygen atoms in total. The van der Waals surface area contributed by atoms with Crippen LogP contribution in [0.4, 0.5) is 13.2 Å². The summed E-state index contributed by atoms with van der Waals surface area (Å²) in [4.78, 5) is 22.5. The number of Topliss-reactive ketones (excluding diaryl/α,β-unsaturated/α-hetero) is 1. The summed E-state index contributed by atoms with van der Waals surface area (Å²) < 4.78 is 48.7. The van der Waals surface area contributed by atoms with Crippen LogP contribution in [0.15, 0.2) is 10.6 Å². The van der Waals surface area contributed by atoms with Crippen molar-refractivity contribution in [2.75, 3.05) is 13.7 Å².